The minimum atomic E-state index is 0.00707. The van der Waals surface area contributed by atoms with Gasteiger partial charge in [0.1, 0.15) is 5.82 Å². The van der Waals surface area contributed by atoms with E-state index < -0.39 is 0 Å². The summed E-state index contributed by atoms with van der Waals surface area (Å²) in [5.74, 6) is 1.02. The zero-order valence-corrected chi connectivity index (χ0v) is 14.6. The van der Waals surface area contributed by atoms with Crippen LogP contribution in [0.2, 0.25) is 5.02 Å². The number of carbonyl (C=O) groups is 1. The second-order valence-corrected chi connectivity index (χ2v) is 6.91. The summed E-state index contributed by atoms with van der Waals surface area (Å²) >= 11 is 5.94. The average molecular weight is 358 g/mol. The Morgan fingerprint density at radius 1 is 1.16 bits per heavy atom. The summed E-state index contributed by atoms with van der Waals surface area (Å²) in [7, 11) is 0. The fourth-order valence-electron chi connectivity index (χ4n) is 3.57. The van der Waals surface area contributed by atoms with Gasteiger partial charge in [0.25, 0.3) is 0 Å². The molecule has 2 aliphatic heterocycles. The van der Waals surface area contributed by atoms with E-state index >= 15 is 0 Å². The lowest BCUT2D eigenvalue weighted by molar-refractivity contribution is -0.133. The summed E-state index contributed by atoms with van der Waals surface area (Å²) in [5.41, 5.74) is 1.14. The number of hydrogen-bond acceptors (Lipinski definition) is 4. The molecule has 0 bridgehead atoms. The van der Waals surface area contributed by atoms with Crippen molar-refractivity contribution in [3.05, 3.63) is 59.2 Å². The van der Waals surface area contributed by atoms with E-state index in [1.54, 1.807) is 6.20 Å². The summed E-state index contributed by atoms with van der Waals surface area (Å²) in [6, 6.07) is 13.9. The average Bonchev–Trinajstić information content (AvgIpc) is 2.99. The van der Waals surface area contributed by atoms with Gasteiger partial charge in [0, 0.05) is 25.8 Å². The SMILES string of the molecule is O=C1CCO[C@H]2CN(c3ccc(Cl)cn3)C[C@@H]2N1Cc1ccccc1. The summed E-state index contributed by atoms with van der Waals surface area (Å²) in [4.78, 5) is 21.2. The monoisotopic (exact) mass is 357 g/mol. The number of ether oxygens (including phenoxy) is 1. The van der Waals surface area contributed by atoms with Crippen LogP contribution in [0.3, 0.4) is 0 Å². The molecule has 0 radical (unpaired) electrons. The highest BCUT2D eigenvalue weighted by Crippen LogP contribution is 2.28. The van der Waals surface area contributed by atoms with Crippen molar-refractivity contribution in [1.29, 1.82) is 0 Å². The number of nitrogens with zero attached hydrogens (tertiary/aromatic N) is 3. The minimum Gasteiger partial charge on any atom is -0.374 e. The molecule has 2 aliphatic rings. The lowest BCUT2D eigenvalue weighted by atomic mass is 10.1. The second kappa shape index (κ2) is 7.02. The van der Waals surface area contributed by atoms with Crippen LogP contribution < -0.4 is 4.90 Å². The molecule has 1 aromatic heterocycles. The second-order valence-electron chi connectivity index (χ2n) is 6.47. The van der Waals surface area contributed by atoms with E-state index in [1.165, 1.54) is 0 Å². The Morgan fingerprint density at radius 2 is 2.00 bits per heavy atom. The van der Waals surface area contributed by atoms with Crippen molar-refractivity contribution in [2.24, 2.45) is 0 Å². The number of aromatic nitrogens is 1. The molecule has 2 fully saturated rings. The first kappa shape index (κ1) is 16.4. The molecule has 0 saturated carbocycles. The summed E-state index contributed by atoms with van der Waals surface area (Å²) in [6.07, 6.45) is 2.10. The standard InChI is InChI=1S/C19H20ClN3O2/c20-15-6-7-18(21-10-15)22-12-16-17(13-22)25-9-8-19(24)23(16)11-14-4-2-1-3-5-14/h1-7,10,16-17H,8-9,11-13H2/t16-,17-/m0/s1. The molecule has 2 saturated heterocycles. The number of rotatable bonds is 3. The number of amides is 1. The van der Waals surface area contributed by atoms with Gasteiger partial charge in [-0.05, 0) is 17.7 Å². The molecule has 5 nitrogen and oxygen atoms in total. The number of hydrogen-bond donors (Lipinski definition) is 0. The number of fused-ring (bicyclic) bond motifs is 1. The molecule has 0 aliphatic carbocycles. The summed E-state index contributed by atoms with van der Waals surface area (Å²) < 4.78 is 5.98. The predicted molar refractivity (Wildman–Crippen MR) is 96.6 cm³/mol. The van der Waals surface area contributed by atoms with E-state index in [0.29, 0.717) is 24.6 Å². The van der Waals surface area contributed by atoms with Gasteiger partial charge in [-0.1, -0.05) is 41.9 Å². The van der Waals surface area contributed by atoms with Crippen LogP contribution in [0.5, 0.6) is 0 Å². The van der Waals surface area contributed by atoms with Crippen LogP contribution in [-0.4, -0.2) is 47.6 Å². The fourth-order valence-corrected chi connectivity index (χ4v) is 3.69. The van der Waals surface area contributed by atoms with Gasteiger partial charge in [0.2, 0.25) is 5.91 Å². The van der Waals surface area contributed by atoms with Gasteiger partial charge in [0.15, 0.2) is 0 Å². The summed E-state index contributed by atoms with van der Waals surface area (Å²) in [5, 5.41) is 0.620. The molecular formula is C19H20ClN3O2. The van der Waals surface area contributed by atoms with Crippen LogP contribution in [0.25, 0.3) is 0 Å². The first-order chi connectivity index (χ1) is 12.2. The molecule has 1 amide bonds. The zero-order chi connectivity index (χ0) is 17.2. The molecule has 130 valence electrons. The van der Waals surface area contributed by atoms with E-state index in [2.05, 4.69) is 22.0 Å². The Bertz CT molecular complexity index is 738. The molecule has 3 heterocycles. The van der Waals surface area contributed by atoms with Gasteiger partial charge >= 0.3 is 0 Å². The molecule has 6 heteroatoms. The van der Waals surface area contributed by atoms with Crippen molar-refractivity contribution < 1.29 is 9.53 Å². The Kier molecular flexibility index (Phi) is 4.59. The van der Waals surface area contributed by atoms with E-state index in [9.17, 15) is 4.79 Å². The number of halogens is 1. The largest absolute Gasteiger partial charge is 0.374 e. The van der Waals surface area contributed by atoms with Crippen molar-refractivity contribution in [3.8, 4) is 0 Å². The lowest BCUT2D eigenvalue weighted by Gasteiger charge is -2.29. The molecule has 0 spiro atoms. The first-order valence-corrected chi connectivity index (χ1v) is 8.90. The van der Waals surface area contributed by atoms with Crippen LogP contribution in [0, 0.1) is 0 Å². The van der Waals surface area contributed by atoms with Crippen molar-refractivity contribution in [1.82, 2.24) is 9.88 Å². The maximum atomic E-state index is 12.6. The Labute approximate surface area is 152 Å². The Hall–Kier alpha value is -2.11. The number of carbonyl (C=O) groups excluding carboxylic acids is 1. The van der Waals surface area contributed by atoms with Gasteiger partial charge in [-0.2, -0.15) is 0 Å². The van der Waals surface area contributed by atoms with Crippen LogP contribution in [-0.2, 0) is 16.1 Å². The minimum absolute atomic E-state index is 0.00707. The third kappa shape index (κ3) is 3.48. The van der Waals surface area contributed by atoms with Crippen LogP contribution in [0.15, 0.2) is 48.7 Å². The van der Waals surface area contributed by atoms with Crippen molar-refractivity contribution in [2.45, 2.75) is 25.1 Å². The van der Waals surface area contributed by atoms with Crippen LogP contribution in [0.1, 0.15) is 12.0 Å². The lowest BCUT2D eigenvalue weighted by Crippen LogP contribution is -2.45. The van der Waals surface area contributed by atoms with Crippen molar-refractivity contribution in [2.75, 3.05) is 24.6 Å². The maximum Gasteiger partial charge on any atom is 0.225 e. The highest BCUT2D eigenvalue weighted by atomic mass is 35.5. The normalized spacial score (nSPS) is 23.5. The van der Waals surface area contributed by atoms with Crippen LogP contribution >= 0.6 is 11.6 Å². The van der Waals surface area contributed by atoms with Crippen molar-refractivity contribution >= 4 is 23.3 Å². The Balaban J connectivity index is 1.56. The van der Waals surface area contributed by atoms with Gasteiger partial charge in [0.05, 0.1) is 30.2 Å². The molecule has 1 aromatic carbocycles. The van der Waals surface area contributed by atoms with E-state index in [-0.39, 0.29) is 18.1 Å². The number of anilines is 1. The number of pyridine rings is 1. The molecule has 0 unspecified atom stereocenters. The molecule has 2 atom stereocenters. The van der Waals surface area contributed by atoms with Crippen LogP contribution in [0.4, 0.5) is 5.82 Å². The van der Waals surface area contributed by atoms with E-state index in [4.69, 9.17) is 16.3 Å². The third-order valence-corrected chi connectivity index (χ3v) is 5.06. The van der Waals surface area contributed by atoms with Gasteiger partial charge in [-0.15, -0.1) is 0 Å². The van der Waals surface area contributed by atoms with E-state index in [1.807, 2.05) is 35.2 Å². The third-order valence-electron chi connectivity index (χ3n) is 4.84. The summed E-state index contributed by atoms with van der Waals surface area (Å²) in [6.45, 7) is 2.55. The van der Waals surface area contributed by atoms with Gasteiger partial charge < -0.3 is 14.5 Å². The predicted octanol–water partition coefficient (Wildman–Crippen LogP) is 2.74. The molecule has 0 N–H and O–H groups in total. The van der Waals surface area contributed by atoms with E-state index in [0.717, 1.165) is 24.5 Å². The first-order valence-electron chi connectivity index (χ1n) is 8.52. The smallest absolute Gasteiger partial charge is 0.225 e. The fraction of sp³-hybridized carbons (Fsp3) is 0.368. The highest BCUT2D eigenvalue weighted by molar-refractivity contribution is 6.30. The molecule has 25 heavy (non-hydrogen) atoms. The quantitative estimate of drug-likeness (QED) is 0.847. The maximum absolute atomic E-state index is 12.6. The highest BCUT2D eigenvalue weighted by Gasteiger charge is 2.41. The molecule has 4 rings (SSSR count). The van der Waals surface area contributed by atoms with Gasteiger partial charge in [-0.25, -0.2) is 4.98 Å². The topological polar surface area (TPSA) is 45.7 Å². The number of benzene rings is 1. The molecule has 2 aromatic rings. The molecular weight excluding hydrogens is 338 g/mol. The van der Waals surface area contributed by atoms with Gasteiger partial charge in [-0.3, -0.25) is 4.79 Å². The zero-order valence-electron chi connectivity index (χ0n) is 13.8. The Morgan fingerprint density at radius 3 is 2.76 bits per heavy atom. The van der Waals surface area contributed by atoms with Crippen molar-refractivity contribution in [3.63, 3.8) is 0 Å².